The number of unbranched alkanes of at least 4 members (excludes halogenated alkanes) is 1. The Bertz CT molecular complexity index is 1180. The maximum atomic E-state index is 12.9. The van der Waals surface area contributed by atoms with Crippen LogP contribution < -0.4 is 0 Å². The maximum absolute atomic E-state index is 12.9. The van der Waals surface area contributed by atoms with Crippen molar-refractivity contribution in [2.75, 3.05) is 6.61 Å². The molecule has 0 N–H and O–H groups in total. The van der Waals surface area contributed by atoms with Crippen LogP contribution in [0.15, 0.2) is 78.9 Å². The molecule has 1 heterocycles. The van der Waals surface area contributed by atoms with Gasteiger partial charge in [0.2, 0.25) is 0 Å². The summed E-state index contributed by atoms with van der Waals surface area (Å²) in [5.41, 5.74) is 2.97. The van der Waals surface area contributed by atoms with Crippen molar-refractivity contribution in [1.82, 2.24) is 4.90 Å². The first-order valence-electron chi connectivity index (χ1n) is 11.3. The lowest BCUT2D eigenvalue weighted by Crippen LogP contribution is -2.46. The first kappa shape index (κ1) is 23.1. The molecule has 1 atom stereocenters. The van der Waals surface area contributed by atoms with Crippen LogP contribution in [0.25, 0.3) is 11.1 Å². The van der Waals surface area contributed by atoms with Gasteiger partial charge in [-0.2, -0.15) is 0 Å². The van der Waals surface area contributed by atoms with Crippen molar-refractivity contribution >= 4 is 23.6 Å². The summed E-state index contributed by atoms with van der Waals surface area (Å²) in [4.78, 5) is 52.3. The van der Waals surface area contributed by atoms with Gasteiger partial charge in [0.1, 0.15) is 6.04 Å². The Morgan fingerprint density at radius 2 is 1.35 bits per heavy atom. The van der Waals surface area contributed by atoms with Gasteiger partial charge in [0.25, 0.3) is 11.8 Å². The van der Waals surface area contributed by atoms with E-state index in [0.29, 0.717) is 12.0 Å². The highest BCUT2D eigenvalue weighted by Gasteiger charge is 2.43. The van der Waals surface area contributed by atoms with Gasteiger partial charge in [0.05, 0.1) is 11.1 Å². The first-order chi connectivity index (χ1) is 16.5. The van der Waals surface area contributed by atoms with Crippen molar-refractivity contribution in [1.29, 1.82) is 0 Å². The van der Waals surface area contributed by atoms with E-state index >= 15 is 0 Å². The molecule has 0 bridgehead atoms. The summed E-state index contributed by atoms with van der Waals surface area (Å²) in [6, 6.07) is 22.3. The van der Waals surface area contributed by atoms with Crippen LogP contribution in [0.3, 0.4) is 0 Å². The second-order valence-corrected chi connectivity index (χ2v) is 8.16. The van der Waals surface area contributed by atoms with Gasteiger partial charge in [-0.1, -0.05) is 86.5 Å². The third-order valence-corrected chi connectivity index (χ3v) is 5.90. The third kappa shape index (κ3) is 4.66. The molecule has 1 aliphatic heterocycles. The molecule has 4 rings (SSSR count). The molecule has 34 heavy (non-hydrogen) atoms. The number of hydrogen-bond acceptors (Lipinski definition) is 5. The fourth-order valence-corrected chi connectivity index (χ4v) is 4.04. The Balaban J connectivity index is 1.44. The van der Waals surface area contributed by atoms with E-state index < -0.39 is 30.4 Å². The van der Waals surface area contributed by atoms with Gasteiger partial charge >= 0.3 is 5.97 Å². The monoisotopic (exact) mass is 455 g/mol. The molecule has 0 aliphatic carbocycles. The molecule has 1 aliphatic rings. The molecule has 0 saturated heterocycles. The topological polar surface area (TPSA) is 80.8 Å². The largest absolute Gasteiger partial charge is 0.456 e. The molecule has 172 valence electrons. The van der Waals surface area contributed by atoms with E-state index in [1.165, 1.54) is 0 Å². The average molecular weight is 456 g/mol. The van der Waals surface area contributed by atoms with E-state index in [4.69, 9.17) is 4.74 Å². The molecular weight excluding hydrogens is 430 g/mol. The third-order valence-electron chi connectivity index (χ3n) is 5.90. The highest BCUT2D eigenvalue weighted by molar-refractivity contribution is 6.22. The molecule has 0 saturated carbocycles. The highest BCUT2D eigenvalue weighted by atomic mass is 16.5. The van der Waals surface area contributed by atoms with E-state index in [2.05, 4.69) is 0 Å². The molecule has 6 nitrogen and oxygen atoms in total. The summed E-state index contributed by atoms with van der Waals surface area (Å²) in [6.07, 6.45) is 1.68. The fourth-order valence-electron chi connectivity index (χ4n) is 4.04. The van der Waals surface area contributed by atoms with Crippen LogP contribution in [0, 0.1) is 0 Å². The summed E-state index contributed by atoms with van der Waals surface area (Å²) in [5, 5.41) is 0. The normalized spacial score (nSPS) is 13.5. The molecule has 3 aromatic carbocycles. The van der Waals surface area contributed by atoms with E-state index in [0.717, 1.165) is 22.4 Å². The fraction of sp³-hybridized carbons (Fsp3) is 0.214. The molecule has 6 heteroatoms. The predicted octanol–water partition coefficient (Wildman–Crippen LogP) is 4.93. The van der Waals surface area contributed by atoms with E-state index in [1.807, 2.05) is 49.4 Å². The minimum Gasteiger partial charge on any atom is -0.456 e. The van der Waals surface area contributed by atoms with Crippen LogP contribution in [0.5, 0.6) is 0 Å². The number of imide groups is 1. The van der Waals surface area contributed by atoms with Gasteiger partial charge in [-0.3, -0.25) is 19.3 Å². The van der Waals surface area contributed by atoms with Crippen LogP contribution in [0.1, 0.15) is 57.3 Å². The van der Waals surface area contributed by atoms with Gasteiger partial charge in [0.15, 0.2) is 12.4 Å². The van der Waals surface area contributed by atoms with Crippen molar-refractivity contribution < 1.29 is 23.9 Å². The lowest BCUT2D eigenvalue weighted by atomic mass is 10.0. The molecule has 3 aromatic rings. The second kappa shape index (κ2) is 10.3. The number of rotatable bonds is 9. The van der Waals surface area contributed by atoms with Crippen molar-refractivity contribution in [2.24, 2.45) is 0 Å². The Labute approximate surface area is 198 Å². The Hall–Kier alpha value is -4.06. The molecule has 0 radical (unpaired) electrons. The standard InChI is InChI=1S/C28H25NO5/c1-2-3-13-24(29-26(31)22-11-7-8-12-23(22)27(29)32)28(33)34-18-25(30)21-16-14-20(15-17-21)19-9-5-4-6-10-19/h4-12,14-17,24H,2-3,13,18H2,1H3/t24-/m1/s1. The number of benzene rings is 3. The number of esters is 1. The summed E-state index contributed by atoms with van der Waals surface area (Å²) in [6.45, 7) is 1.49. The van der Waals surface area contributed by atoms with Gasteiger partial charge < -0.3 is 4.74 Å². The Morgan fingerprint density at radius 1 is 0.794 bits per heavy atom. The zero-order valence-corrected chi connectivity index (χ0v) is 18.9. The number of ether oxygens (including phenoxy) is 1. The molecule has 0 fully saturated rings. The van der Waals surface area contributed by atoms with Crippen LogP contribution >= 0.6 is 0 Å². The second-order valence-electron chi connectivity index (χ2n) is 8.16. The number of hydrogen-bond donors (Lipinski definition) is 0. The van der Waals surface area contributed by atoms with Gasteiger partial charge in [0, 0.05) is 5.56 Å². The summed E-state index contributed by atoms with van der Waals surface area (Å²) in [7, 11) is 0. The molecule has 0 spiro atoms. The number of fused-ring (bicyclic) bond motifs is 1. The Morgan fingerprint density at radius 3 is 1.94 bits per heavy atom. The van der Waals surface area contributed by atoms with Gasteiger partial charge in [-0.05, 0) is 29.7 Å². The summed E-state index contributed by atoms with van der Waals surface area (Å²) >= 11 is 0. The summed E-state index contributed by atoms with van der Waals surface area (Å²) in [5.74, 6) is -2.13. The minimum absolute atomic E-state index is 0.274. The van der Waals surface area contributed by atoms with Crippen molar-refractivity contribution in [3.63, 3.8) is 0 Å². The van der Waals surface area contributed by atoms with Crippen LogP contribution in [0.4, 0.5) is 0 Å². The lowest BCUT2D eigenvalue weighted by Gasteiger charge is -2.24. The molecule has 0 unspecified atom stereocenters. The van der Waals surface area contributed by atoms with Gasteiger partial charge in [-0.25, -0.2) is 4.79 Å². The Kier molecular flexibility index (Phi) is 6.97. The molecule has 0 aromatic heterocycles. The number of carbonyl (C=O) groups is 4. The van der Waals surface area contributed by atoms with E-state index in [1.54, 1.807) is 36.4 Å². The van der Waals surface area contributed by atoms with Crippen LogP contribution in [0.2, 0.25) is 0 Å². The van der Waals surface area contributed by atoms with Crippen LogP contribution in [-0.4, -0.2) is 41.1 Å². The van der Waals surface area contributed by atoms with Gasteiger partial charge in [-0.15, -0.1) is 0 Å². The van der Waals surface area contributed by atoms with Crippen molar-refractivity contribution in [3.05, 3.63) is 95.6 Å². The number of ketones is 1. The van der Waals surface area contributed by atoms with Crippen molar-refractivity contribution in [3.8, 4) is 11.1 Å². The van der Waals surface area contributed by atoms with Crippen molar-refractivity contribution in [2.45, 2.75) is 32.2 Å². The molecular formula is C28H25NO5. The molecule has 2 amide bonds. The van der Waals surface area contributed by atoms with Crippen LogP contribution in [-0.2, 0) is 9.53 Å². The smallest absolute Gasteiger partial charge is 0.329 e. The van der Waals surface area contributed by atoms with E-state index in [9.17, 15) is 19.2 Å². The quantitative estimate of drug-likeness (QED) is 0.260. The number of nitrogens with zero attached hydrogens (tertiary/aromatic N) is 1. The lowest BCUT2D eigenvalue weighted by molar-refractivity contribution is -0.147. The number of Topliss-reactive ketones (excluding diaryl/α,β-unsaturated/α-hetero) is 1. The average Bonchev–Trinajstić information content (AvgIpc) is 3.13. The van der Waals surface area contributed by atoms with E-state index in [-0.39, 0.29) is 23.3 Å². The highest BCUT2D eigenvalue weighted by Crippen LogP contribution is 2.27. The SMILES string of the molecule is CCCC[C@H](C(=O)OCC(=O)c1ccc(-c2ccccc2)cc1)N1C(=O)c2ccccc2C1=O. The predicted molar refractivity (Wildman–Crippen MR) is 127 cm³/mol. The maximum Gasteiger partial charge on any atom is 0.329 e. The zero-order valence-electron chi connectivity index (χ0n) is 18.9. The number of carbonyl (C=O) groups excluding carboxylic acids is 4. The summed E-state index contributed by atoms with van der Waals surface area (Å²) < 4.78 is 5.31. The zero-order chi connectivity index (χ0) is 24.1. The minimum atomic E-state index is -1.07. The first-order valence-corrected chi connectivity index (χ1v) is 11.3. The number of amides is 2.